The van der Waals surface area contributed by atoms with Crippen molar-refractivity contribution in [3.8, 4) is 0 Å². The summed E-state index contributed by atoms with van der Waals surface area (Å²) in [5, 5.41) is 10.5. The summed E-state index contributed by atoms with van der Waals surface area (Å²) in [5.41, 5.74) is 0. The van der Waals surface area contributed by atoms with Crippen LogP contribution in [0.25, 0.3) is 0 Å². The van der Waals surface area contributed by atoms with Gasteiger partial charge in [-0.3, -0.25) is 0 Å². The van der Waals surface area contributed by atoms with E-state index in [9.17, 15) is 5.11 Å². The molecule has 2 aliphatic carbocycles. The highest BCUT2D eigenvalue weighted by Crippen LogP contribution is 2.37. The van der Waals surface area contributed by atoms with Gasteiger partial charge in [0.25, 0.3) is 0 Å². The van der Waals surface area contributed by atoms with Crippen molar-refractivity contribution in [3.05, 3.63) is 0 Å². The van der Waals surface area contributed by atoms with Gasteiger partial charge in [-0.05, 0) is 42.9 Å². The maximum Gasteiger partial charge on any atom is 0.0571 e. The smallest absolute Gasteiger partial charge is 0.0571 e. The average Bonchev–Trinajstić information content (AvgIpc) is 2.61. The quantitative estimate of drug-likeness (QED) is 0.717. The van der Waals surface area contributed by atoms with Gasteiger partial charge in [-0.1, -0.05) is 58.8 Å². The van der Waals surface area contributed by atoms with Crippen LogP contribution in [-0.4, -0.2) is 11.2 Å². The van der Waals surface area contributed by atoms with Crippen molar-refractivity contribution in [1.82, 2.24) is 0 Å². The van der Waals surface area contributed by atoms with Crippen LogP contribution in [0.1, 0.15) is 78.1 Å². The van der Waals surface area contributed by atoms with Crippen molar-refractivity contribution in [2.24, 2.45) is 23.7 Å². The molecule has 18 heavy (non-hydrogen) atoms. The molecule has 0 aromatic carbocycles. The zero-order chi connectivity index (χ0) is 13.0. The largest absolute Gasteiger partial charge is 0.393 e. The van der Waals surface area contributed by atoms with Crippen LogP contribution in [0.15, 0.2) is 0 Å². The maximum absolute atomic E-state index is 10.5. The number of hydrogen-bond acceptors (Lipinski definition) is 1. The Morgan fingerprint density at radius 2 is 1.56 bits per heavy atom. The third-order valence-corrected chi connectivity index (χ3v) is 5.73. The molecular weight excluding hydrogens is 220 g/mol. The van der Waals surface area contributed by atoms with Crippen molar-refractivity contribution in [2.75, 3.05) is 0 Å². The van der Waals surface area contributed by atoms with Gasteiger partial charge in [0.15, 0.2) is 0 Å². The van der Waals surface area contributed by atoms with E-state index >= 15 is 0 Å². The maximum atomic E-state index is 10.5. The molecule has 1 heteroatoms. The Balaban J connectivity index is 1.78. The molecule has 0 aromatic rings. The van der Waals surface area contributed by atoms with Gasteiger partial charge in [-0.2, -0.15) is 0 Å². The second-order valence-corrected chi connectivity index (χ2v) is 7.19. The molecule has 2 saturated carbocycles. The van der Waals surface area contributed by atoms with Crippen LogP contribution in [0, 0.1) is 23.7 Å². The van der Waals surface area contributed by atoms with Crippen LogP contribution < -0.4 is 0 Å². The Kier molecular flexibility index (Phi) is 5.54. The van der Waals surface area contributed by atoms with Crippen molar-refractivity contribution in [3.63, 3.8) is 0 Å². The molecule has 0 heterocycles. The number of aliphatic hydroxyl groups is 1. The molecule has 2 aliphatic rings. The zero-order valence-electron chi connectivity index (χ0n) is 12.4. The third-order valence-electron chi connectivity index (χ3n) is 5.73. The second-order valence-electron chi connectivity index (χ2n) is 7.19. The van der Waals surface area contributed by atoms with Gasteiger partial charge in [0.2, 0.25) is 0 Å². The first-order chi connectivity index (χ1) is 8.66. The monoisotopic (exact) mass is 252 g/mol. The fourth-order valence-corrected chi connectivity index (χ4v) is 4.07. The normalized spacial score (nSPS) is 37.2. The predicted molar refractivity (Wildman–Crippen MR) is 77.5 cm³/mol. The van der Waals surface area contributed by atoms with E-state index in [1.807, 2.05) is 0 Å². The van der Waals surface area contributed by atoms with E-state index in [1.165, 1.54) is 57.8 Å². The van der Waals surface area contributed by atoms with E-state index in [2.05, 4.69) is 13.8 Å². The van der Waals surface area contributed by atoms with Gasteiger partial charge >= 0.3 is 0 Å². The molecular formula is C17H32O. The van der Waals surface area contributed by atoms with Crippen LogP contribution in [0.5, 0.6) is 0 Å². The Bertz CT molecular complexity index is 230. The van der Waals surface area contributed by atoms with Crippen molar-refractivity contribution >= 4 is 0 Å². The van der Waals surface area contributed by atoms with Gasteiger partial charge in [0.05, 0.1) is 6.10 Å². The van der Waals surface area contributed by atoms with E-state index in [-0.39, 0.29) is 6.10 Å². The molecule has 0 radical (unpaired) electrons. The molecule has 2 rings (SSSR count). The number of rotatable bonds is 3. The zero-order valence-corrected chi connectivity index (χ0v) is 12.4. The van der Waals surface area contributed by atoms with Crippen LogP contribution in [0.3, 0.4) is 0 Å². The molecule has 0 saturated heterocycles. The highest BCUT2D eigenvalue weighted by Gasteiger charge is 2.30. The lowest BCUT2D eigenvalue weighted by Crippen LogP contribution is -2.30. The lowest BCUT2D eigenvalue weighted by atomic mass is 9.72. The molecule has 2 fully saturated rings. The third kappa shape index (κ3) is 3.98. The van der Waals surface area contributed by atoms with E-state index in [1.54, 1.807) is 0 Å². The Labute approximate surface area is 113 Å². The molecule has 0 spiro atoms. The van der Waals surface area contributed by atoms with E-state index < -0.39 is 0 Å². The standard InChI is InChI=1S/C17H32O/c1-13-9-10-16(11-14(13)2)17(18)12-15-7-5-3-4-6-8-15/h13-18H,3-12H2,1-2H3. The summed E-state index contributed by atoms with van der Waals surface area (Å²) in [6.07, 6.45) is 13.3. The van der Waals surface area contributed by atoms with E-state index in [0.29, 0.717) is 5.92 Å². The molecule has 4 atom stereocenters. The first-order valence-corrected chi connectivity index (χ1v) is 8.35. The van der Waals surface area contributed by atoms with E-state index in [4.69, 9.17) is 0 Å². The summed E-state index contributed by atoms with van der Waals surface area (Å²) in [4.78, 5) is 0. The summed E-state index contributed by atoms with van der Waals surface area (Å²) in [5.74, 6) is 3.09. The molecule has 0 aromatic heterocycles. The predicted octanol–water partition coefficient (Wildman–Crippen LogP) is 4.78. The first kappa shape index (κ1) is 14.4. The summed E-state index contributed by atoms with van der Waals surface area (Å²) in [6.45, 7) is 4.74. The van der Waals surface area contributed by atoms with Gasteiger partial charge in [-0.15, -0.1) is 0 Å². The highest BCUT2D eigenvalue weighted by atomic mass is 16.3. The van der Waals surface area contributed by atoms with Crippen molar-refractivity contribution in [2.45, 2.75) is 84.2 Å². The molecule has 106 valence electrons. The van der Waals surface area contributed by atoms with Crippen LogP contribution in [-0.2, 0) is 0 Å². The van der Waals surface area contributed by atoms with Gasteiger partial charge in [0, 0.05) is 0 Å². The van der Waals surface area contributed by atoms with Crippen molar-refractivity contribution < 1.29 is 5.11 Å². The fraction of sp³-hybridized carbons (Fsp3) is 1.00. The van der Waals surface area contributed by atoms with Crippen LogP contribution in [0.4, 0.5) is 0 Å². The van der Waals surface area contributed by atoms with Crippen molar-refractivity contribution in [1.29, 1.82) is 0 Å². The Morgan fingerprint density at radius 1 is 0.889 bits per heavy atom. The SMILES string of the molecule is CC1CCC(C(O)CC2CCCCCC2)CC1C. The minimum absolute atomic E-state index is 0.0111. The molecule has 1 N–H and O–H groups in total. The molecule has 4 unspecified atom stereocenters. The van der Waals surface area contributed by atoms with Gasteiger partial charge in [-0.25, -0.2) is 0 Å². The Hall–Kier alpha value is -0.0400. The topological polar surface area (TPSA) is 20.2 Å². The molecule has 0 bridgehead atoms. The van der Waals surface area contributed by atoms with Gasteiger partial charge < -0.3 is 5.11 Å². The van der Waals surface area contributed by atoms with Gasteiger partial charge in [0.1, 0.15) is 0 Å². The van der Waals surface area contributed by atoms with Crippen LogP contribution >= 0.6 is 0 Å². The summed E-state index contributed by atoms with van der Waals surface area (Å²) < 4.78 is 0. The lowest BCUT2D eigenvalue weighted by Gasteiger charge is -2.35. The van der Waals surface area contributed by atoms with Crippen LogP contribution in [0.2, 0.25) is 0 Å². The molecule has 1 nitrogen and oxygen atoms in total. The summed E-state index contributed by atoms with van der Waals surface area (Å²) in [6, 6.07) is 0. The Morgan fingerprint density at radius 3 is 2.17 bits per heavy atom. The average molecular weight is 252 g/mol. The van der Waals surface area contributed by atoms with E-state index in [0.717, 1.165) is 24.2 Å². The highest BCUT2D eigenvalue weighted by molar-refractivity contribution is 4.81. The number of aliphatic hydroxyl groups excluding tert-OH is 1. The first-order valence-electron chi connectivity index (χ1n) is 8.35. The minimum Gasteiger partial charge on any atom is -0.393 e. The summed E-state index contributed by atoms with van der Waals surface area (Å²) >= 11 is 0. The molecule has 0 amide bonds. The minimum atomic E-state index is -0.0111. The lowest BCUT2D eigenvalue weighted by molar-refractivity contribution is 0.0372. The number of hydrogen-bond donors (Lipinski definition) is 1. The fourth-order valence-electron chi connectivity index (χ4n) is 4.07. The molecule has 0 aliphatic heterocycles. The second kappa shape index (κ2) is 6.93. The summed E-state index contributed by atoms with van der Waals surface area (Å²) in [7, 11) is 0.